The number of carboxylic acid groups (broad SMARTS) is 1. The first-order valence-corrected chi connectivity index (χ1v) is 20.3. The SMILES string of the molecule is Cc1ccnc(NCCCC(=O)NCC(=O)N[C@@H](CC(=O)O)c2ccc(-c3ccc(OCCOCCOCCOCCOCCC(C)C)c4c3CCCC4)cc2)c1. The van der Waals surface area contributed by atoms with Gasteiger partial charge >= 0.3 is 5.97 Å². The Kier molecular flexibility index (Phi) is 20.3. The number of aryl methyl sites for hydroxylation is 1. The molecule has 312 valence electrons. The van der Waals surface area contributed by atoms with Gasteiger partial charge in [-0.15, -0.1) is 0 Å². The first kappa shape index (κ1) is 45.1. The van der Waals surface area contributed by atoms with Gasteiger partial charge in [0.05, 0.1) is 65.3 Å². The number of hydrogen-bond acceptors (Lipinski definition) is 10. The zero-order valence-electron chi connectivity index (χ0n) is 33.9. The number of anilines is 1. The van der Waals surface area contributed by atoms with Crippen molar-refractivity contribution in [1.29, 1.82) is 0 Å². The van der Waals surface area contributed by atoms with E-state index in [1.165, 1.54) is 11.1 Å². The molecule has 4 N–H and O–H groups in total. The van der Waals surface area contributed by atoms with E-state index in [0.29, 0.717) is 77.3 Å². The van der Waals surface area contributed by atoms with Crippen LogP contribution in [-0.4, -0.2) is 100 Å². The molecule has 0 saturated heterocycles. The Morgan fingerprint density at radius 2 is 1.44 bits per heavy atom. The van der Waals surface area contributed by atoms with Crippen LogP contribution in [0.1, 0.15) is 80.7 Å². The van der Waals surface area contributed by atoms with Crippen molar-refractivity contribution >= 4 is 23.6 Å². The van der Waals surface area contributed by atoms with Crippen LogP contribution in [0.4, 0.5) is 5.82 Å². The highest BCUT2D eigenvalue weighted by molar-refractivity contribution is 5.85. The molecule has 0 fully saturated rings. The van der Waals surface area contributed by atoms with Crippen LogP contribution in [0.5, 0.6) is 5.75 Å². The fourth-order valence-electron chi connectivity index (χ4n) is 6.46. The topological polar surface area (TPSA) is 167 Å². The third-order valence-electron chi connectivity index (χ3n) is 9.52. The van der Waals surface area contributed by atoms with E-state index in [0.717, 1.165) is 67.0 Å². The molecule has 0 bridgehead atoms. The molecular weight excluding hydrogens is 729 g/mol. The summed E-state index contributed by atoms with van der Waals surface area (Å²) in [7, 11) is 0. The molecule has 13 nitrogen and oxygen atoms in total. The van der Waals surface area contributed by atoms with Crippen LogP contribution in [0.15, 0.2) is 54.7 Å². The second kappa shape index (κ2) is 25.6. The summed E-state index contributed by atoms with van der Waals surface area (Å²) < 4.78 is 28.6. The second-order valence-electron chi connectivity index (χ2n) is 14.6. The number of carbonyl (C=O) groups excluding carboxylic acids is 2. The first-order valence-electron chi connectivity index (χ1n) is 20.3. The van der Waals surface area contributed by atoms with Gasteiger partial charge in [0.15, 0.2) is 0 Å². The predicted octanol–water partition coefficient (Wildman–Crippen LogP) is 6.07. The standard InChI is InChI=1S/C44H62N4O9/c1-32(2)17-20-53-21-22-54-23-24-55-25-26-56-27-28-57-40-15-14-36(37-7-4-5-8-38(37)40)34-10-12-35(13-11-34)39(30-44(51)52)48-43(50)31-47-42(49)9-6-18-45-41-29-33(3)16-19-46-41/h10-16,19,29,32,39H,4-9,17-18,20-28,30-31H2,1-3H3,(H,45,46)(H,47,49)(H,48,50)(H,51,52)/t39-/m0/s1. The van der Waals surface area contributed by atoms with Gasteiger partial charge in [-0.2, -0.15) is 0 Å². The van der Waals surface area contributed by atoms with E-state index in [1.54, 1.807) is 6.20 Å². The number of fused-ring (bicyclic) bond motifs is 1. The van der Waals surface area contributed by atoms with Crippen LogP contribution < -0.4 is 20.7 Å². The quantitative estimate of drug-likeness (QED) is 0.0631. The fraction of sp³-hybridized carbons (Fsp3) is 0.545. The molecule has 1 heterocycles. The van der Waals surface area contributed by atoms with Crippen molar-refractivity contribution in [3.05, 3.63) is 77.0 Å². The summed E-state index contributed by atoms with van der Waals surface area (Å²) in [5, 5.41) is 18.2. The van der Waals surface area contributed by atoms with E-state index in [9.17, 15) is 19.5 Å². The maximum absolute atomic E-state index is 12.8. The number of ether oxygens (including phenoxy) is 5. The number of rotatable bonds is 28. The molecule has 1 aliphatic carbocycles. The average Bonchev–Trinajstić information content (AvgIpc) is 3.19. The van der Waals surface area contributed by atoms with Crippen LogP contribution >= 0.6 is 0 Å². The van der Waals surface area contributed by atoms with E-state index in [4.69, 9.17) is 23.7 Å². The lowest BCUT2D eigenvalue weighted by atomic mass is 9.85. The Labute approximate surface area is 337 Å². The lowest BCUT2D eigenvalue weighted by molar-refractivity contribution is -0.138. The summed E-state index contributed by atoms with van der Waals surface area (Å²) in [5.41, 5.74) is 6.36. The number of benzene rings is 2. The minimum Gasteiger partial charge on any atom is -0.491 e. The van der Waals surface area contributed by atoms with Gasteiger partial charge < -0.3 is 44.7 Å². The molecule has 2 amide bonds. The Morgan fingerprint density at radius 3 is 2.09 bits per heavy atom. The van der Waals surface area contributed by atoms with Crippen molar-refractivity contribution in [2.75, 3.05) is 77.9 Å². The maximum atomic E-state index is 12.8. The summed E-state index contributed by atoms with van der Waals surface area (Å²) in [6.07, 6.45) is 7.35. The third kappa shape index (κ3) is 17.2. The molecule has 1 aliphatic rings. The lowest BCUT2D eigenvalue weighted by Crippen LogP contribution is -2.39. The van der Waals surface area contributed by atoms with Crippen LogP contribution in [0.3, 0.4) is 0 Å². The van der Waals surface area contributed by atoms with Gasteiger partial charge in [0.2, 0.25) is 11.8 Å². The number of amides is 2. The Balaban J connectivity index is 1.18. The van der Waals surface area contributed by atoms with E-state index >= 15 is 0 Å². The Hall–Kier alpha value is -4.56. The van der Waals surface area contributed by atoms with E-state index in [2.05, 4.69) is 40.8 Å². The average molecular weight is 791 g/mol. The molecule has 1 aromatic heterocycles. The van der Waals surface area contributed by atoms with Crippen molar-refractivity contribution < 1.29 is 43.2 Å². The Bertz CT molecular complexity index is 1670. The van der Waals surface area contributed by atoms with Gasteiger partial charge in [0, 0.05) is 25.8 Å². The van der Waals surface area contributed by atoms with Crippen molar-refractivity contribution in [3.63, 3.8) is 0 Å². The summed E-state index contributed by atoms with van der Waals surface area (Å²) in [6.45, 7) is 11.5. The van der Waals surface area contributed by atoms with Crippen LogP contribution in [-0.2, 0) is 46.2 Å². The Morgan fingerprint density at radius 1 is 0.789 bits per heavy atom. The van der Waals surface area contributed by atoms with Crippen molar-refractivity contribution in [1.82, 2.24) is 15.6 Å². The molecule has 0 aliphatic heterocycles. The second-order valence-corrected chi connectivity index (χ2v) is 14.6. The zero-order chi connectivity index (χ0) is 40.7. The number of carboxylic acids is 1. The number of aromatic nitrogens is 1. The van der Waals surface area contributed by atoms with Crippen LogP contribution in [0.2, 0.25) is 0 Å². The van der Waals surface area contributed by atoms with Gasteiger partial charge in [-0.25, -0.2) is 4.98 Å². The van der Waals surface area contributed by atoms with Gasteiger partial charge in [-0.1, -0.05) is 44.2 Å². The normalized spacial score (nSPS) is 12.8. The van der Waals surface area contributed by atoms with Crippen LogP contribution in [0, 0.1) is 12.8 Å². The number of pyridine rings is 1. The van der Waals surface area contributed by atoms with Crippen LogP contribution in [0.25, 0.3) is 11.1 Å². The highest BCUT2D eigenvalue weighted by Gasteiger charge is 2.21. The number of nitrogens with zero attached hydrogens (tertiary/aromatic N) is 1. The van der Waals surface area contributed by atoms with E-state index in [-0.39, 0.29) is 25.3 Å². The molecule has 57 heavy (non-hydrogen) atoms. The molecule has 0 spiro atoms. The summed E-state index contributed by atoms with van der Waals surface area (Å²) in [6, 6.07) is 14.8. The monoisotopic (exact) mass is 790 g/mol. The van der Waals surface area contributed by atoms with Crippen molar-refractivity contribution in [2.24, 2.45) is 5.92 Å². The molecule has 2 aromatic carbocycles. The summed E-state index contributed by atoms with van der Waals surface area (Å²) >= 11 is 0. The highest BCUT2D eigenvalue weighted by Crippen LogP contribution is 2.37. The van der Waals surface area contributed by atoms with Gasteiger partial charge in [-0.3, -0.25) is 14.4 Å². The van der Waals surface area contributed by atoms with Gasteiger partial charge in [-0.05, 0) is 103 Å². The maximum Gasteiger partial charge on any atom is 0.305 e. The summed E-state index contributed by atoms with van der Waals surface area (Å²) in [4.78, 5) is 41.1. The smallest absolute Gasteiger partial charge is 0.305 e. The molecule has 3 aromatic rings. The third-order valence-corrected chi connectivity index (χ3v) is 9.52. The van der Waals surface area contributed by atoms with E-state index < -0.39 is 17.9 Å². The molecule has 0 radical (unpaired) electrons. The molecule has 4 rings (SSSR count). The molecule has 13 heteroatoms. The highest BCUT2D eigenvalue weighted by atomic mass is 16.6. The molecular formula is C44H62N4O9. The molecule has 1 atom stereocenters. The van der Waals surface area contributed by atoms with Crippen molar-refractivity contribution in [3.8, 4) is 16.9 Å². The lowest BCUT2D eigenvalue weighted by Gasteiger charge is -2.23. The molecule has 0 unspecified atom stereocenters. The largest absolute Gasteiger partial charge is 0.491 e. The van der Waals surface area contributed by atoms with E-state index in [1.807, 2.05) is 49.4 Å². The zero-order valence-corrected chi connectivity index (χ0v) is 33.9. The number of nitrogens with one attached hydrogen (secondary N) is 3. The molecule has 0 saturated carbocycles. The minimum absolute atomic E-state index is 0.237. The predicted molar refractivity (Wildman–Crippen MR) is 220 cm³/mol. The number of carbonyl (C=O) groups is 3. The number of hydrogen-bond donors (Lipinski definition) is 4. The number of aliphatic carboxylic acids is 1. The first-order chi connectivity index (χ1) is 27.7. The summed E-state index contributed by atoms with van der Waals surface area (Å²) in [5.74, 6) is 0.512. The van der Waals surface area contributed by atoms with Gasteiger partial charge in [0.25, 0.3) is 0 Å². The fourth-order valence-corrected chi connectivity index (χ4v) is 6.46. The van der Waals surface area contributed by atoms with Crippen molar-refractivity contribution in [2.45, 2.75) is 78.2 Å². The van der Waals surface area contributed by atoms with Gasteiger partial charge in [0.1, 0.15) is 18.2 Å². The minimum atomic E-state index is -1.04.